The van der Waals surface area contributed by atoms with Crippen molar-refractivity contribution < 1.29 is 14.2 Å². The van der Waals surface area contributed by atoms with Crippen LogP contribution in [0, 0.1) is 6.92 Å². The van der Waals surface area contributed by atoms with E-state index in [0.29, 0.717) is 33.2 Å². The molecule has 4 aromatic rings. The van der Waals surface area contributed by atoms with Gasteiger partial charge in [0.25, 0.3) is 0 Å². The van der Waals surface area contributed by atoms with Crippen LogP contribution in [0.5, 0.6) is 0 Å². The molecule has 0 aliphatic carbocycles. The van der Waals surface area contributed by atoms with Crippen LogP contribution >= 0.6 is 0 Å². The number of hydrogen-bond donors (Lipinski definition) is 0. The average Bonchev–Trinajstić information content (AvgIpc) is 3.23. The lowest BCUT2D eigenvalue weighted by atomic mass is 10.2. The molecule has 2 aromatic carbocycles. The molecule has 0 spiro atoms. The van der Waals surface area contributed by atoms with Crippen molar-refractivity contribution in [3.8, 4) is 0 Å². The molecule has 0 atom stereocenters. The topological polar surface area (TPSA) is 71.3 Å². The molecule has 2 aromatic heterocycles. The predicted octanol–water partition coefficient (Wildman–Crippen LogP) is 3.91. The van der Waals surface area contributed by atoms with Crippen molar-refractivity contribution in [3.05, 3.63) is 90.1 Å². The summed E-state index contributed by atoms with van der Waals surface area (Å²) < 4.78 is 19.8. The molecule has 160 valence electrons. The van der Waals surface area contributed by atoms with Crippen LogP contribution in [0.1, 0.15) is 16.8 Å². The third-order valence-corrected chi connectivity index (χ3v) is 4.86. The van der Waals surface area contributed by atoms with Crippen LogP contribution in [-0.4, -0.2) is 38.8 Å². The summed E-state index contributed by atoms with van der Waals surface area (Å²) in [5, 5.41) is 0. The van der Waals surface area contributed by atoms with Gasteiger partial charge in [0.2, 0.25) is 0 Å². The third-order valence-electron chi connectivity index (χ3n) is 4.86. The molecule has 4 rings (SSSR count). The zero-order chi connectivity index (χ0) is 21.3. The van der Waals surface area contributed by atoms with Gasteiger partial charge in [-0.2, -0.15) is 0 Å². The highest BCUT2D eigenvalue weighted by Crippen LogP contribution is 2.13. The number of benzene rings is 2. The smallest absolute Gasteiger partial charge is 0.165 e. The van der Waals surface area contributed by atoms with Crippen molar-refractivity contribution in [1.82, 2.24) is 19.5 Å². The fourth-order valence-corrected chi connectivity index (χ4v) is 3.19. The minimum atomic E-state index is -0.229. The highest BCUT2D eigenvalue weighted by molar-refractivity contribution is 5.72. The van der Waals surface area contributed by atoms with Crippen molar-refractivity contribution in [1.29, 1.82) is 0 Å². The summed E-state index contributed by atoms with van der Waals surface area (Å²) in [6.45, 7) is 4.12. The number of hydrogen-bond acceptors (Lipinski definition) is 6. The Bertz CT molecular complexity index is 1020. The van der Waals surface area contributed by atoms with E-state index in [2.05, 4.69) is 15.0 Å². The minimum absolute atomic E-state index is 0.229. The molecule has 0 radical (unpaired) electrons. The van der Waals surface area contributed by atoms with Crippen LogP contribution < -0.4 is 0 Å². The van der Waals surface area contributed by atoms with Gasteiger partial charge < -0.3 is 14.2 Å². The van der Waals surface area contributed by atoms with Gasteiger partial charge in [-0.05, 0) is 18.1 Å². The average molecular weight is 418 g/mol. The van der Waals surface area contributed by atoms with Crippen LogP contribution in [0.4, 0.5) is 0 Å². The second kappa shape index (κ2) is 10.8. The van der Waals surface area contributed by atoms with Gasteiger partial charge in [0.05, 0.1) is 38.4 Å². The molecule has 0 aliphatic heterocycles. The first kappa shape index (κ1) is 21.1. The van der Waals surface area contributed by atoms with Crippen LogP contribution in [0.25, 0.3) is 11.2 Å². The van der Waals surface area contributed by atoms with Crippen molar-refractivity contribution in [2.45, 2.75) is 33.0 Å². The summed E-state index contributed by atoms with van der Waals surface area (Å²) in [7, 11) is 0. The van der Waals surface area contributed by atoms with E-state index in [9.17, 15) is 0 Å². The van der Waals surface area contributed by atoms with E-state index in [0.717, 1.165) is 28.0 Å². The maximum atomic E-state index is 6.12. The standard InChI is InChI=1S/C24H26N4O3/c1-19-23-24(26-16-25-19)28(17-27-23)18-31-22(14-29-12-20-8-4-2-5-9-20)15-30-13-21-10-6-3-7-11-21/h2-11,16-17,22H,12-15,18H2,1H3. The lowest BCUT2D eigenvalue weighted by Gasteiger charge is -2.19. The molecular formula is C24H26N4O3. The number of ether oxygens (including phenoxy) is 3. The fourth-order valence-electron chi connectivity index (χ4n) is 3.19. The molecule has 0 saturated heterocycles. The zero-order valence-corrected chi connectivity index (χ0v) is 17.6. The number of fused-ring (bicyclic) bond motifs is 1. The first-order valence-corrected chi connectivity index (χ1v) is 10.3. The fraction of sp³-hybridized carbons (Fsp3) is 0.292. The Morgan fingerprint density at radius 1 is 0.806 bits per heavy atom. The van der Waals surface area contributed by atoms with Gasteiger partial charge in [-0.15, -0.1) is 0 Å². The quantitative estimate of drug-likeness (QED) is 0.368. The monoisotopic (exact) mass is 418 g/mol. The van der Waals surface area contributed by atoms with Gasteiger partial charge in [-0.1, -0.05) is 60.7 Å². The van der Waals surface area contributed by atoms with Crippen molar-refractivity contribution in [2.24, 2.45) is 0 Å². The van der Waals surface area contributed by atoms with E-state index in [4.69, 9.17) is 14.2 Å². The Morgan fingerprint density at radius 2 is 1.42 bits per heavy atom. The summed E-state index contributed by atoms with van der Waals surface area (Å²) in [6.07, 6.45) is 3.03. The minimum Gasteiger partial charge on any atom is -0.374 e. The van der Waals surface area contributed by atoms with Gasteiger partial charge in [0.1, 0.15) is 24.7 Å². The number of imidazole rings is 1. The maximum absolute atomic E-state index is 6.12. The molecule has 0 saturated carbocycles. The Morgan fingerprint density at radius 3 is 2.03 bits per heavy atom. The molecule has 2 heterocycles. The largest absolute Gasteiger partial charge is 0.374 e. The molecule has 0 N–H and O–H groups in total. The Labute approximate surface area is 181 Å². The van der Waals surface area contributed by atoms with Crippen LogP contribution in [0.2, 0.25) is 0 Å². The van der Waals surface area contributed by atoms with Gasteiger partial charge in [0, 0.05) is 0 Å². The number of aromatic nitrogens is 4. The summed E-state index contributed by atoms with van der Waals surface area (Å²) in [5.74, 6) is 0. The molecule has 0 fully saturated rings. The molecule has 7 nitrogen and oxygen atoms in total. The van der Waals surface area contributed by atoms with Crippen LogP contribution in [-0.2, 0) is 34.2 Å². The number of aryl methyl sites for hydroxylation is 1. The molecule has 0 bridgehead atoms. The normalized spacial score (nSPS) is 11.4. The highest BCUT2D eigenvalue weighted by atomic mass is 16.6. The number of rotatable bonds is 11. The molecule has 7 heteroatoms. The van der Waals surface area contributed by atoms with E-state index in [1.165, 1.54) is 0 Å². The predicted molar refractivity (Wildman–Crippen MR) is 117 cm³/mol. The van der Waals surface area contributed by atoms with Crippen molar-refractivity contribution >= 4 is 11.2 Å². The van der Waals surface area contributed by atoms with E-state index >= 15 is 0 Å². The van der Waals surface area contributed by atoms with Crippen LogP contribution in [0.15, 0.2) is 73.3 Å². The Kier molecular flexibility index (Phi) is 7.33. The Balaban J connectivity index is 1.35. The zero-order valence-electron chi connectivity index (χ0n) is 17.6. The second-order valence-electron chi connectivity index (χ2n) is 7.26. The van der Waals surface area contributed by atoms with E-state index in [1.807, 2.05) is 72.2 Å². The van der Waals surface area contributed by atoms with Gasteiger partial charge in [-0.3, -0.25) is 4.57 Å². The highest BCUT2D eigenvalue weighted by Gasteiger charge is 2.13. The second-order valence-corrected chi connectivity index (χ2v) is 7.26. The first-order valence-electron chi connectivity index (χ1n) is 10.3. The van der Waals surface area contributed by atoms with Gasteiger partial charge in [-0.25, -0.2) is 15.0 Å². The molecule has 0 aliphatic rings. The Hall–Kier alpha value is -3.13. The summed E-state index contributed by atoms with van der Waals surface area (Å²) >= 11 is 0. The molecule has 0 unspecified atom stereocenters. The van der Waals surface area contributed by atoms with Crippen LogP contribution in [0.3, 0.4) is 0 Å². The van der Waals surface area contributed by atoms with E-state index in [1.54, 1.807) is 12.7 Å². The SMILES string of the molecule is Cc1ncnc2c1ncn2COC(COCc1ccccc1)COCc1ccccc1. The van der Waals surface area contributed by atoms with E-state index < -0.39 is 0 Å². The molecule has 31 heavy (non-hydrogen) atoms. The van der Waals surface area contributed by atoms with Crippen molar-refractivity contribution in [2.75, 3.05) is 13.2 Å². The van der Waals surface area contributed by atoms with Gasteiger partial charge in [0.15, 0.2) is 5.65 Å². The number of nitrogens with zero attached hydrogens (tertiary/aromatic N) is 4. The maximum Gasteiger partial charge on any atom is 0.165 e. The summed E-state index contributed by atoms with van der Waals surface area (Å²) in [4.78, 5) is 12.9. The van der Waals surface area contributed by atoms with E-state index in [-0.39, 0.29) is 6.10 Å². The first-order chi connectivity index (χ1) is 15.3. The summed E-state index contributed by atoms with van der Waals surface area (Å²) in [5.41, 5.74) is 4.63. The third kappa shape index (κ3) is 5.95. The molecule has 0 amide bonds. The lowest BCUT2D eigenvalue weighted by Crippen LogP contribution is -2.26. The lowest BCUT2D eigenvalue weighted by molar-refractivity contribution is -0.0866. The molecular weight excluding hydrogens is 392 g/mol. The van der Waals surface area contributed by atoms with Crippen molar-refractivity contribution in [3.63, 3.8) is 0 Å². The van der Waals surface area contributed by atoms with Gasteiger partial charge >= 0.3 is 0 Å². The summed E-state index contributed by atoms with van der Waals surface area (Å²) in [6, 6.07) is 20.2.